The molecule has 0 aliphatic rings. The molecule has 0 bridgehead atoms. The molecule has 0 saturated carbocycles. The van der Waals surface area contributed by atoms with Gasteiger partial charge in [0.2, 0.25) is 0 Å². The van der Waals surface area contributed by atoms with Gasteiger partial charge in [-0.2, -0.15) is 0 Å². The van der Waals surface area contributed by atoms with Gasteiger partial charge in [0.15, 0.2) is 0 Å². The van der Waals surface area contributed by atoms with Crippen molar-refractivity contribution in [3.8, 4) is 0 Å². The zero-order chi connectivity index (χ0) is 37.2. The van der Waals surface area contributed by atoms with Crippen LogP contribution in [-0.4, -0.2) is 53.1 Å². The highest BCUT2D eigenvalue weighted by Gasteiger charge is 2.20. The number of nitrogens with two attached hydrogens (primary N) is 4. The van der Waals surface area contributed by atoms with Crippen molar-refractivity contribution in [2.45, 2.75) is 19.3 Å². The first-order valence-electron chi connectivity index (χ1n) is 14.8. The average molecular weight is 703 g/mol. The van der Waals surface area contributed by atoms with E-state index in [1.54, 1.807) is 12.4 Å². The van der Waals surface area contributed by atoms with Gasteiger partial charge < -0.3 is 43.8 Å². The van der Waals surface area contributed by atoms with Crippen molar-refractivity contribution < 1.29 is 38.2 Å². The van der Waals surface area contributed by atoms with Gasteiger partial charge in [0.25, 0.3) is 11.8 Å². The highest BCUT2D eigenvalue weighted by atomic mass is 19.1. The third kappa shape index (κ3) is 9.44. The Labute approximate surface area is 288 Å². The van der Waals surface area contributed by atoms with Crippen molar-refractivity contribution in [3.63, 3.8) is 0 Å². The second kappa shape index (κ2) is 16.2. The number of benzene rings is 2. The van der Waals surface area contributed by atoms with E-state index in [1.807, 2.05) is 0 Å². The van der Waals surface area contributed by atoms with Crippen molar-refractivity contribution in [1.82, 2.24) is 19.1 Å². The number of hydrogen-bond donors (Lipinski definition) is 8. The molecule has 2 amide bonds. The number of hydrogen-bond acceptors (Lipinski definition) is 10. The van der Waals surface area contributed by atoms with Crippen LogP contribution in [-0.2, 0) is 22.4 Å². The van der Waals surface area contributed by atoms with Crippen LogP contribution in [0.4, 0.5) is 20.2 Å². The first-order chi connectivity index (χ1) is 24.2. The molecule has 4 rings (SSSR count). The van der Waals surface area contributed by atoms with Gasteiger partial charge in [0.05, 0.1) is 33.9 Å². The SMILES string of the molecule is N/C(=C\C=C(/N)n1ccnc1)C(=O)Nc1cc(CCCc2cc(NC(=O)/C(N)=C/C=C(\N)n3ccnc3)c(C(=O)O)cc2F)c(F)cc1C(=O)O. The third-order valence-corrected chi connectivity index (χ3v) is 7.22. The van der Waals surface area contributed by atoms with Gasteiger partial charge in [-0.1, -0.05) is 0 Å². The molecule has 0 aliphatic carbocycles. The number of carbonyl (C=O) groups excluding carboxylic acids is 2. The predicted molar refractivity (Wildman–Crippen MR) is 182 cm³/mol. The van der Waals surface area contributed by atoms with Crippen LogP contribution in [0.2, 0.25) is 0 Å². The van der Waals surface area contributed by atoms with Crippen LogP contribution in [0.1, 0.15) is 38.3 Å². The van der Waals surface area contributed by atoms with Crippen LogP contribution >= 0.6 is 0 Å². The number of rotatable bonds is 14. The molecule has 0 unspecified atom stereocenters. The summed E-state index contributed by atoms with van der Waals surface area (Å²) in [5, 5.41) is 23.9. The minimum absolute atomic E-state index is 0.0147. The molecule has 16 nitrogen and oxygen atoms in total. The van der Waals surface area contributed by atoms with Crippen molar-refractivity contribution >= 4 is 46.8 Å². The average Bonchev–Trinajstić information content (AvgIpc) is 3.83. The number of allylic oxidation sites excluding steroid dienone is 4. The van der Waals surface area contributed by atoms with E-state index in [4.69, 9.17) is 22.9 Å². The highest BCUT2D eigenvalue weighted by Crippen LogP contribution is 2.26. The summed E-state index contributed by atoms with van der Waals surface area (Å²) >= 11 is 0. The molecule has 51 heavy (non-hydrogen) atoms. The molecule has 18 heteroatoms. The predicted octanol–water partition coefficient (Wildman–Crippen LogP) is 2.41. The fourth-order valence-corrected chi connectivity index (χ4v) is 4.54. The second-order valence-electron chi connectivity index (χ2n) is 10.7. The van der Waals surface area contributed by atoms with Crippen molar-refractivity contribution in [1.29, 1.82) is 0 Å². The summed E-state index contributed by atoms with van der Waals surface area (Å²) < 4.78 is 32.9. The maximum atomic E-state index is 15.0. The van der Waals surface area contributed by atoms with Crippen LogP contribution in [0, 0.1) is 11.6 Å². The molecule has 4 aromatic rings. The number of carboxylic acid groups (broad SMARTS) is 2. The number of aryl methyl sites for hydroxylation is 2. The molecule has 0 aliphatic heterocycles. The first-order valence-corrected chi connectivity index (χ1v) is 14.8. The van der Waals surface area contributed by atoms with Gasteiger partial charge in [-0.3, -0.25) is 18.7 Å². The zero-order valence-electron chi connectivity index (χ0n) is 26.6. The second-order valence-corrected chi connectivity index (χ2v) is 10.7. The number of imidazole rings is 2. The Morgan fingerprint density at radius 1 is 0.667 bits per heavy atom. The Balaban J connectivity index is 1.49. The number of carbonyl (C=O) groups is 4. The Kier molecular flexibility index (Phi) is 11.7. The van der Waals surface area contributed by atoms with E-state index >= 15 is 0 Å². The van der Waals surface area contributed by atoms with Gasteiger partial charge in [0.1, 0.15) is 35.9 Å². The van der Waals surface area contributed by atoms with E-state index in [1.165, 1.54) is 58.5 Å². The molecule has 0 radical (unpaired) electrons. The third-order valence-electron chi connectivity index (χ3n) is 7.22. The van der Waals surface area contributed by atoms with Crippen molar-refractivity contribution in [3.05, 3.63) is 131 Å². The molecular weight excluding hydrogens is 670 g/mol. The molecule has 2 heterocycles. The van der Waals surface area contributed by atoms with Gasteiger partial charge in [-0.05, 0) is 79.0 Å². The van der Waals surface area contributed by atoms with Crippen LogP contribution in [0.3, 0.4) is 0 Å². The Morgan fingerprint density at radius 2 is 1.06 bits per heavy atom. The van der Waals surface area contributed by atoms with E-state index in [2.05, 4.69) is 20.6 Å². The summed E-state index contributed by atoms with van der Waals surface area (Å²) in [5.74, 6) is -6.26. The number of anilines is 2. The van der Waals surface area contributed by atoms with Crippen LogP contribution in [0.5, 0.6) is 0 Å². The van der Waals surface area contributed by atoms with Gasteiger partial charge in [0, 0.05) is 24.8 Å². The standard InChI is InChI=1S/C33H32F2N10O6/c34-22-14-20(32(48)49)26(42-30(46)24(36)4-6-28(38)44-10-8-40-16-44)12-18(22)2-1-3-19-13-27(21(33(50)51)15-23(19)35)43-31(47)25(37)5-7-29(39)45-11-9-41-17-45/h4-17H,1-3,36-39H2,(H,42,46)(H,43,47)(H,48,49)(H,50,51)/b24-4-,25-5-,28-6+,29-7+. The van der Waals surface area contributed by atoms with Crippen molar-refractivity contribution in [2.75, 3.05) is 10.6 Å². The fourth-order valence-electron chi connectivity index (χ4n) is 4.54. The maximum Gasteiger partial charge on any atom is 0.337 e. The number of aromatic carboxylic acids is 2. The van der Waals surface area contributed by atoms with Crippen LogP contribution < -0.4 is 33.6 Å². The summed E-state index contributed by atoms with van der Waals surface area (Å²) in [4.78, 5) is 56.8. The maximum absolute atomic E-state index is 15.0. The van der Waals surface area contributed by atoms with E-state index in [0.717, 1.165) is 24.3 Å². The van der Waals surface area contributed by atoms with Crippen LogP contribution in [0.15, 0.2) is 97.4 Å². The smallest absolute Gasteiger partial charge is 0.337 e. The molecule has 264 valence electrons. The van der Waals surface area contributed by atoms with E-state index < -0.39 is 46.5 Å². The molecule has 0 atom stereocenters. The lowest BCUT2D eigenvalue weighted by Gasteiger charge is -2.14. The zero-order valence-corrected chi connectivity index (χ0v) is 26.6. The highest BCUT2D eigenvalue weighted by molar-refractivity contribution is 6.08. The van der Waals surface area contributed by atoms with E-state index in [0.29, 0.717) is 0 Å². The lowest BCUT2D eigenvalue weighted by molar-refractivity contribution is -0.113. The largest absolute Gasteiger partial charge is 0.478 e. The molecule has 12 N–H and O–H groups in total. The number of halogens is 2. The van der Waals surface area contributed by atoms with Crippen LogP contribution in [0.25, 0.3) is 11.6 Å². The lowest BCUT2D eigenvalue weighted by atomic mass is 9.99. The summed E-state index contributed by atoms with van der Waals surface area (Å²) in [6.45, 7) is 0. The topological polar surface area (TPSA) is 273 Å². The Hall–Kier alpha value is -7.24. The summed E-state index contributed by atoms with van der Waals surface area (Å²) in [7, 11) is 0. The molecular formula is C33H32F2N10O6. The summed E-state index contributed by atoms with van der Waals surface area (Å²) in [6, 6.07) is 3.71. The Morgan fingerprint density at radius 3 is 1.39 bits per heavy atom. The summed E-state index contributed by atoms with van der Waals surface area (Å²) in [5.41, 5.74) is 21.1. The molecule has 0 saturated heterocycles. The van der Waals surface area contributed by atoms with Crippen molar-refractivity contribution in [2.24, 2.45) is 22.9 Å². The minimum atomic E-state index is -1.52. The monoisotopic (exact) mass is 702 g/mol. The molecule has 0 fully saturated rings. The lowest BCUT2D eigenvalue weighted by Crippen LogP contribution is -2.22. The summed E-state index contributed by atoms with van der Waals surface area (Å²) in [6.07, 6.45) is 13.9. The molecule has 2 aromatic heterocycles. The molecule has 2 aromatic carbocycles. The quantitative estimate of drug-likeness (QED) is 0.0695. The Bertz CT molecular complexity index is 1940. The number of amides is 2. The van der Waals surface area contributed by atoms with Gasteiger partial charge in [-0.25, -0.2) is 28.3 Å². The van der Waals surface area contributed by atoms with E-state index in [-0.39, 0.29) is 64.8 Å². The first kappa shape index (κ1) is 36.6. The molecule has 0 spiro atoms. The number of aromatic nitrogens is 4. The number of nitrogens with zero attached hydrogens (tertiary/aromatic N) is 4. The normalized spacial score (nSPS) is 12.4. The van der Waals surface area contributed by atoms with E-state index in [9.17, 15) is 38.2 Å². The number of nitrogens with one attached hydrogen (secondary N) is 2. The van der Waals surface area contributed by atoms with Gasteiger partial charge >= 0.3 is 11.9 Å². The van der Waals surface area contributed by atoms with Gasteiger partial charge in [-0.15, -0.1) is 0 Å². The fraction of sp³-hybridized carbons (Fsp3) is 0.0909. The number of carboxylic acids is 2. The minimum Gasteiger partial charge on any atom is -0.478 e.